The van der Waals surface area contributed by atoms with Crippen LogP contribution in [0.15, 0.2) is 48.7 Å². The number of hydrogen-bond donors (Lipinski definition) is 1. The van der Waals surface area contributed by atoms with Gasteiger partial charge in [0.2, 0.25) is 0 Å². The Bertz CT molecular complexity index is 807. The van der Waals surface area contributed by atoms with Crippen LogP contribution < -0.4 is 4.74 Å². The summed E-state index contributed by atoms with van der Waals surface area (Å²) in [6.45, 7) is 3.09. The number of ether oxygens (including phenoxy) is 1. The number of aromatic nitrogens is 2. The molecule has 1 aliphatic rings. The maximum absolute atomic E-state index is 6.16. The number of nitrogens with zero attached hydrogens (tertiary/aromatic N) is 2. The van der Waals surface area contributed by atoms with Gasteiger partial charge in [-0.1, -0.05) is 23.7 Å². The molecular weight excluding hydrogens is 322 g/mol. The molecule has 0 aliphatic carbocycles. The molecule has 24 heavy (non-hydrogen) atoms. The first-order valence-corrected chi connectivity index (χ1v) is 8.71. The molecule has 1 saturated heterocycles. The number of halogens is 1. The van der Waals surface area contributed by atoms with Gasteiger partial charge in [0.25, 0.3) is 0 Å². The average Bonchev–Trinajstić information content (AvgIpc) is 3.06. The zero-order valence-corrected chi connectivity index (χ0v) is 14.2. The summed E-state index contributed by atoms with van der Waals surface area (Å²) in [5.74, 6) is 0.931. The van der Waals surface area contributed by atoms with Gasteiger partial charge in [0.15, 0.2) is 0 Å². The monoisotopic (exact) mass is 341 g/mol. The minimum atomic E-state index is 0.288. The molecule has 5 heteroatoms. The lowest BCUT2D eigenvalue weighted by Gasteiger charge is -2.32. The Balaban J connectivity index is 1.31. The second-order valence-electron chi connectivity index (χ2n) is 6.34. The van der Waals surface area contributed by atoms with E-state index in [1.165, 1.54) is 5.56 Å². The smallest absolute Gasteiger partial charge is 0.120 e. The van der Waals surface area contributed by atoms with Gasteiger partial charge in [-0.2, -0.15) is 5.10 Å². The molecule has 0 spiro atoms. The number of nitrogens with one attached hydrogen (secondary N) is 1. The highest BCUT2D eigenvalue weighted by Gasteiger charge is 2.20. The van der Waals surface area contributed by atoms with Gasteiger partial charge in [-0.05, 0) is 48.7 Å². The number of hydrogen-bond acceptors (Lipinski definition) is 3. The highest BCUT2D eigenvalue weighted by molar-refractivity contribution is 6.30. The number of likely N-dealkylation sites (tertiary alicyclic amines) is 1. The van der Waals surface area contributed by atoms with Crippen molar-refractivity contribution in [3.63, 3.8) is 0 Å². The molecule has 0 bridgehead atoms. The van der Waals surface area contributed by atoms with E-state index < -0.39 is 0 Å². The molecule has 2 aromatic carbocycles. The van der Waals surface area contributed by atoms with Crippen molar-refractivity contribution in [1.29, 1.82) is 0 Å². The summed E-state index contributed by atoms with van der Waals surface area (Å²) in [7, 11) is 0. The number of fused-ring (bicyclic) bond motifs is 1. The van der Waals surface area contributed by atoms with E-state index in [1.807, 2.05) is 30.5 Å². The molecule has 0 unspecified atom stereocenters. The van der Waals surface area contributed by atoms with E-state index in [0.717, 1.165) is 54.2 Å². The van der Waals surface area contributed by atoms with Gasteiger partial charge < -0.3 is 4.74 Å². The van der Waals surface area contributed by atoms with Crippen molar-refractivity contribution >= 4 is 22.5 Å². The maximum Gasteiger partial charge on any atom is 0.120 e. The fourth-order valence-electron chi connectivity index (χ4n) is 3.22. The van der Waals surface area contributed by atoms with E-state index in [9.17, 15) is 0 Å². The topological polar surface area (TPSA) is 41.1 Å². The lowest BCUT2D eigenvalue weighted by molar-refractivity contribution is 0.0969. The summed E-state index contributed by atoms with van der Waals surface area (Å²) in [4.78, 5) is 2.47. The van der Waals surface area contributed by atoms with E-state index in [0.29, 0.717) is 0 Å². The van der Waals surface area contributed by atoms with Crippen LogP contribution in [-0.2, 0) is 6.54 Å². The van der Waals surface area contributed by atoms with Crippen LogP contribution in [0.2, 0.25) is 5.02 Å². The Kier molecular flexibility index (Phi) is 4.41. The van der Waals surface area contributed by atoms with Gasteiger partial charge in [0.1, 0.15) is 11.9 Å². The minimum Gasteiger partial charge on any atom is -0.490 e. The lowest BCUT2D eigenvalue weighted by atomic mass is 10.1. The highest BCUT2D eigenvalue weighted by atomic mass is 35.5. The third-order valence-corrected chi connectivity index (χ3v) is 4.82. The third-order valence-electron chi connectivity index (χ3n) is 4.57. The molecule has 1 N–H and O–H groups in total. The van der Waals surface area contributed by atoms with Crippen LogP contribution in [0, 0.1) is 0 Å². The normalized spacial score (nSPS) is 16.5. The predicted molar refractivity (Wildman–Crippen MR) is 96.5 cm³/mol. The Labute approximate surface area is 146 Å². The summed E-state index contributed by atoms with van der Waals surface area (Å²) < 4.78 is 6.16. The molecule has 3 aromatic rings. The molecule has 124 valence electrons. The first-order valence-electron chi connectivity index (χ1n) is 8.33. The van der Waals surface area contributed by atoms with Gasteiger partial charge in [-0.3, -0.25) is 10.00 Å². The fraction of sp³-hybridized carbons (Fsp3) is 0.316. The van der Waals surface area contributed by atoms with E-state index >= 15 is 0 Å². The second kappa shape index (κ2) is 6.83. The third kappa shape index (κ3) is 3.55. The van der Waals surface area contributed by atoms with Crippen molar-refractivity contribution < 1.29 is 4.74 Å². The van der Waals surface area contributed by atoms with Gasteiger partial charge in [0, 0.05) is 30.0 Å². The van der Waals surface area contributed by atoms with Gasteiger partial charge in [-0.15, -0.1) is 0 Å². The molecule has 0 atom stereocenters. The summed E-state index contributed by atoms with van der Waals surface area (Å²) in [6.07, 6.45) is 4.22. The van der Waals surface area contributed by atoms with Crippen LogP contribution in [-0.4, -0.2) is 34.3 Å². The van der Waals surface area contributed by atoms with Gasteiger partial charge in [-0.25, -0.2) is 0 Å². The maximum atomic E-state index is 6.16. The molecule has 2 heterocycles. The van der Waals surface area contributed by atoms with E-state index in [2.05, 4.69) is 33.3 Å². The quantitative estimate of drug-likeness (QED) is 0.771. The standard InChI is InChI=1S/C19H20ClN3O/c20-16-3-1-14(2-4-16)13-23-9-7-17(8-10-23)24-18-5-6-19-15(11-18)12-21-22-19/h1-6,11-12,17H,7-10,13H2,(H,21,22). The van der Waals surface area contributed by atoms with Crippen LogP contribution in [0.5, 0.6) is 5.75 Å². The zero-order valence-electron chi connectivity index (χ0n) is 13.4. The first kappa shape index (κ1) is 15.5. The highest BCUT2D eigenvalue weighted by Crippen LogP contribution is 2.23. The molecule has 1 aliphatic heterocycles. The molecule has 1 fully saturated rings. The SMILES string of the molecule is Clc1ccc(CN2CCC(Oc3ccc4[nH]ncc4c3)CC2)cc1. The van der Waals surface area contributed by atoms with E-state index in [1.54, 1.807) is 0 Å². The average molecular weight is 342 g/mol. The molecule has 4 rings (SSSR count). The molecule has 0 saturated carbocycles. The Hall–Kier alpha value is -2.04. The van der Waals surface area contributed by atoms with E-state index in [-0.39, 0.29) is 6.10 Å². The number of piperidine rings is 1. The van der Waals surface area contributed by atoms with Crippen molar-refractivity contribution in [2.75, 3.05) is 13.1 Å². The number of rotatable bonds is 4. The zero-order chi connectivity index (χ0) is 16.4. The Morgan fingerprint density at radius 1 is 1.12 bits per heavy atom. The van der Waals surface area contributed by atoms with Crippen molar-refractivity contribution in [1.82, 2.24) is 15.1 Å². The molecule has 0 radical (unpaired) electrons. The summed E-state index contributed by atoms with van der Waals surface area (Å²) in [5, 5.41) is 8.89. The minimum absolute atomic E-state index is 0.288. The predicted octanol–water partition coefficient (Wildman–Crippen LogP) is 4.26. The van der Waals surface area contributed by atoms with Crippen molar-refractivity contribution in [3.8, 4) is 5.75 Å². The Morgan fingerprint density at radius 2 is 1.92 bits per heavy atom. The van der Waals surface area contributed by atoms with E-state index in [4.69, 9.17) is 16.3 Å². The number of benzene rings is 2. The number of H-pyrrole nitrogens is 1. The van der Waals surface area contributed by atoms with Crippen molar-refractivity contribution in [2.24, 2.45) is 0 Å². The lowest BCUT2D eigenvalue weighted by Crippen LogP contribution is -2.37. The summed E-state index contributed by atoms with van der Waals surface area (Å²) in [6, 6.07) is 14.2. The second-order valence-corrected chi connectivity index (χ2v) is 6.78. The molecule has 4 nitrogen and oxygen atoms in total. The van der Waals surface area contributed by atoms with Crippen molar-refractivity contribution in [2.45, 2.75) is 25.5 Å². The first-order chi connectivity index (χ1) is 11.8. The van der Waals surface area contributed by atoms with Crippen LogP contribution in [0.1, 0.15) is 18.4 Å². The largest absolute Gasteiger partial charge is 0.490 e. The van der Waals surface area contributed by atoms with Crippen molar-refractivity contribution in [3.05, 3.63) is 59.2 Å². The fourth-order valence-corrected chi connectivity index (χ4v) is 3.35. The van der Waals surface area contributed by atoms with Crippen LogP contribution in [0.25, 0.3) is 10.9 Å². The Morgan fingerprint density at radius 3 is 2.71 bits per heavy atom. The molecular formula is C19H20ClN3O. The number of aromatic amines is 1. The van der Waals surface area contributed by atoms with Gasteiger partial charge >= 0.3 is 0 Å². The summed E-state index contributed by atoms with van der Waals surface area (Å²) in [5.41, 5.74) is 2.35. The van der Waals surface area contributed by atoms with Crippen LogP contribution in [0.3, 0.4) is 0 Å². The van der Waals surface area contributed by atoms with Crippen LogP contribution >= 0.6 is 11.6 Å². The van der Waals surface area contributed by atoms with Crippen LogP contribution in [0.4, 0.5) is 0 Å². The van der Waals surface area contributed by atoms with Gasteiger partial charge in [0.05, 0.1) is 11.7 Å². The molecule has 1 aromatic heterocycles. The molecule has 0 amide bonds. The summed E-state index contributed by atoms with van der Waals surface area (Å²) >= 11 is 5.94.